The topological polar surface area (TPSA) is 35.8 Å². The van der Waals surface area contributed by atoms with Gasteiger partial charge in [0.25, 0.3) is 0 Å². The molecule has 1 aromatic carbocycles. The van der Waals surface area contributed by atoms with Gasteiger partial charge in [-0.15, -0.1) is 0 Å². The van der Waals surface area contributed by atoms with Crippen molar-refractivity contribution in [3.63, 3.8) is 0 Å². The number of nitrogens with zero attached hydrogens (tertiary/aromatic N) is 2. The predicted molar refractivity (Wildman–Crippen MR) is 76.1 cm³/mol. The Morgan fingerprint density at radius 1 is 1.29 bits per heavy atom. The maximum Gasteiger partial charge on any atom is 0.115 e. The fraction of sp³-hybridized carbons (Fsp3) is 0.462. The average molecular weight is 252 g/mol. The maximum atomic E-state index is 9.16. The minimum absolute atomic E-state index is 0.286. The van der Waals surface area contributed by atoms with Crippen molar-refractivity contribution in [1.82, 2.24) is 4.78 Å². The zero-order valence-corrected chi connectivity index (χ0v) is 11.7. The lowest BCUT2D eigenvalue weighted by atomic mass is 10.2. The molecule has 0 saturated carbocycles. The highest BCUT2D eigenvalue weighted by Crippen LogP contribution is 2.27. The molecule has 0 fully saturated rings. The number of phenolic OH excluding ortho intramolecular Hbond substituents is 1. The summed E-state index contributed by atoms with van der Waals surface area (Å²) in [5, 5.41) is 13.6. The van der Waals surface area contributed by atoms with Crippen molar-refractivity contribution in [1.29, 1.82) is 0 Å². The van der Waals surface area contributed by atoms with Crippen LogP contribution in [0.1, 0.15) is 32.3 Å². The molecular weight excluding hydrogens is 231 g/mol. The average Bonchev–Trinajstić information content (AvgIpc) is 2.35. The molecule has 0 aliphatic rings. The third kappa shape index (κ3) is 5.18. The van der Waals surface area contributed by atoms with E-state index >= 15 is 0 Å². The smallest absolute Gasteiger partial charge is 0.115 e. The number of aromatic hydroxyl groups is 1. The highest BCUT2D eigenvalue weighted by atomic mass is 31.1. The third-order valence-electron chi connectivity index (χ3n) is 2.63. The molecule has 1 aromatic rings. The van der Waals surface area contributed by atoms with Gasteiger partial charge >= 0.3 is 0 Å². The molecule has 1 atom stereocenters. The predicted octanol–water partition coefficient (Wildman–Crippen LogP) is 3.44. The van der Waals surface area contributed by atoms with Crippen molar-refractivity contribution in [3.05, 3.63) is 29.8 Å². The van der Waals surface area contributed by atoms with E-state index in [1.54, 1.807) is 12.1 Å². The normalized spacial score (nSPS) is 12.0. The van der Waals surface area contributed by atoms with Crippen molar-refractivity contribution >= 4 is 14.9 Å². The molecule has 0 bridgehead atoms. The molecule has 0 aliphatic heterocycles. The number of benzene rings is 1. The van der Waals surface area contributed by atoms with Crippen LogP contribution in [0.15, 0.2) is 29.4 Å². The van der Waals surface area contributed by atoms with Gasteiger partial charge in [-0.3, -0.25) is 4.78 Å². The van der Waals surface area contributed by atoms with Gasteiger partial charge < -0.3 is 5.11 Å². The quantitative estimate of drug-likeness (QED) is 0.478. The van der Waals surface area contributed by atoms with E-state index in [-0.39, 0.29) is 5.75 Å². The van der Waals surface area contributed by atoms with Crippen molar-refractivity contribution in [2.24, 2.45) is 5.10 Å². The number of hydrazone groups is 1. The lowest BCUT2D eigenvalue weighted by molar-refractivity contribution is 0.475. The van der Waals surface area contributed by atoms with Crippen LogP contribution in [0, 0.1) is 0 Å². The second-order valence-electron chi connectivity index (χ2n) is 4.00. The summed E-state index contributed by atoms with van der Waals surface area (Å²) >= 11 is 0. The van der Waals surface area contributed by atoms with E-state index in [1.165, 1.54) is 12.8 Å². The first kappa shape index (κ1) is 14.0. The number of phenols is 1. The third-order valence-corrected chi connectivity index (χ3v) is 4.30. The minimum atomic E-state index is 0.286. The SMILES string of the molecule is CCC(CC)PN(C)/N=C/c1ccc(O)cc1. The standard InChI is InChI=1S/C13H21N2OP/c1-4-13(5-2)17-15(3)14-10-11-6-8-12(16)9-7-11/h6-10,13,16-17H,4-5H2,1-3H3/b14-10+. The number of hydrogen-bond donors (Lipinski definition) is 1. The van der Waals surface area contributed by atoms with Crippen LogP contribution in [0.25, 0.3) is 0 Å². The molecule has 0 aromatic heterocycles. The fourth-order valence-electron chi connectivity index (χ4n) is 1.48. The summed E-state index contributed by atoms with van der Waals surface area (Å²) < 4.78 is 2.00. The molecule has 94 valence electrons. The van der Waals surface area contributed by atoms with E-state index < -0.39 is 0 Å². The van der Waals surface area contributed by atoms with Gasteiger partial charge in [-0.05, 0) is 48.3 Å². The first-order valence-corrected chi connectivity index (χ1v) is 7.01. The summed E-state index contributed by atoms with van der Waals surface area (Å²) in [6.45, 7) is 4.44. The zero-order chi connectivity index (χ0) is 12.7. The minimum Gasteiger partial charge on any atom is -0.508 e. The fourth-order valence-corrected chi connectivity index (χ4v) is 2.50. The van der Waals surface area contributed by atoms with Crippen LogP contribution in [0.4, 0.5) is 0 Å². The van der Waals surface area contributed by atoms with Gasteiger partial charge in [-0.25, -0.2) is 0 Å². The van der Waals surface area contributed by atoms with Crippen LogP contribution in [-0.2, 0) is 0 Å². The molecule has 0 radical (unpaired) electrons. The first-order chi connectivity index (χ1) is 8.15. The maximum absolute atomic E-state index is 9.16. The summed E-state index contributed by atoms with van der Waals surface area (Å²) in [6.07, 6.45) is 4.23. The molecule has 0 spiro atoms. The molecule has 0 saturated heterocycles. The van der Waals surface area contributed by atoms with Gasteiger partial charge in [-0.1, -0.05) is 13.8 Å². The lowest BCUT2D eigenvalue weighted by Crippen LogP contribution is -2.06. The Balaban J connectivity index is 2.50. The molecule has 17 heavy (non-hydrogen) atoms. The Morgan fingerprint density at radius 2 is 1.88 bits per heavy atom. The summed E-state index contributed by atoms with van der Waals surface area (Å²) in [4.78, 5) is 0. The number of hydrogen-bond acceptors (Lipinski definition) is 3. The van der Waals surface area contributed by atoms with Crippen LogP contribution in [0.5, 0.6) is 5.75 Å². The van der Waals surface area contributed by atoms with Gasteiger partial charge in [0.15, 0.2) is 0 Å². The van der Waals surface area contributed by atoms with Gasteiger partial charge in [0.05, 0.1) is 6.21 Å². The Labute approximate surface area is 105 Å². The van der Waals surface area contributed by atoms with Crippen LogP contribution in [0.3, 0.4) is 0 Å². The van der Waals surface area contributed by atoms with Crippen LogP contribution in [0.2, 0.25) is 0 Å². The van der Waals surface area contributed by atoms with Gasteiger partial charge in [0.1, 0.15) is 5.75 Å². The molecule has 0 heterocycles. The van der Waals surface area contributed by atoms with E-state index in [2.05, 4.69) is 18.9 Å². The zero-order valence-electron chi connectivity index (χ0n) is 10.7. The first-order valence-electron chi connectivity index (χ1n) is 5.98. The van der Waals surface area contributed by atoms with Crippen LogP contribution < -0.4 is 0 Å². The van der Waals surface area contributed by atoms with E-state index in [9.17, 15) is 0 Å². The Bertz CT molecular complexity index is 347. The lowest BCUT2D eigenvalue weighted by Gasteiger charge is -2.19. The van der Waals surface area contributed by atoms with Crippen molar-refractivity contribution < 1.29 is 5.11 Å². The molecule has 0 amide bonds. The van der Waals surface area contributed by atoms with E-state index in [0.717, 1.165) is 20.0 Å². The molecular formula is C13H21N2OP. The van der Waals surface area contributed by atoms with E-state index in [0.29, 0.717) is 0 Å². The van der Waals surface area contributed by atoms with Gasteiger partial charge in [-0.2, -0.15) is 5.10 Å². The highest BCUT2D eigenvalue weighted by Gasteiger charge is 2.05. The Morgan fingerprint density at radius 3 is 2.41 bits per heavy atom. The van der Waals surface area contributed by atoms with Crippen molar-refractivity contribution in [2.75, 3.05) is 7.05 Å². The summed E-state index contributed by atoms with van der Waals surface area (Å²) in [7, 11) is 2.74. The van der Waals surface area contributed by atoms with E-state index in [1.807, 2.05) is 30.2 Å². The molecule has 1 rings (SSSR count). The second kappa shape index (κ2) is 7.29. The summed E-state index contributed by atoms with van der Waals surface area (Å²) in [5.74, 6) is 0.286. The van der Waals surface area contributed by atoms with Gasteiger partial charge in [0.2, 0.25) is 0 Å². The molecule has 1 N–H and O–H groups in total. The summed E-state index contributed by atoms with van der Waals surface area (Å²) in [5.41, 5.74) is 1.74. The molecule has 1 unspecified atom stereocenters. The largest absolute Gasteiger partial charge is 0.508 e. The van der Waals surface area contributed by atoms with Crippen LogP contribution in [-0.4, -0.2) is 28.8 Å². The molecule has 4 heteroatoms. The van der Waals surface area contributed by atoms with E-state index in [4.69, 9.17) is 5.11 Å². The monoisotopic (exact) mass is 252 g/mol. The van der Waals surface area contributed by atoms with Crippen LogP contribution >= 0.6 is 8.73 Å². The second-order valence-corrected chi connectivity index (χ2v) is 5.72. The Hall–Kier alpha value is -1.08. The van der Waals surface area contributed by atoms with Gasteiger partial charge in [0, 0.05) is 15.8 Å². The van der Waals surface area contributed by atoms with Crippen molar-refractivity contribution in [2.45, 2.75) is 32.3 Å². The summed E-state index contributed by atoms with van der Waals surface area (Å²) in [6, 6.07) is 7.05. The Kier molecular flexibility index (Phi) is 5.99. The highest BCUT2D eigenvalue weighted by molar-refractivity contribution is 7.36. The number of rotatable bonds is 6. The molecule has 3 nitrogen and oxygen atoms in total. The molecule has 0 aliphatic carbocycles. The van der Waals surface area contributed by atoms with Crippen molar-refractivity contribution in [3.8, 4) is 5.75 Å².